The summed E-state index contributed by atoms with van der Waals surface area (Å²) in [5, 5.41) is 10.4. The molecule has 21 heavy (non-hydrogen) atoms. The zero-order chi connectivity index (χ0) is 15.2. The van der Waals surface area contributed by atoms with Crippen LogP contribution in [0.5, 0.6) is 11.5 Å². The summed E-state index contributed by atoms with van der Waals surface area (Å²) in [6, 6.07) is 13.5. The van der Waals surface area contributed by atoms with Crippen molar-refractivity contribution in [1.29, 1.82) is 0 Å². The molecular weight excluding hydrogens is 332 g/mol. The van der Waals surface area contributed by atoms with Crippen LogP contribution in [0.3, 0.4) is 0 Å². The van der Waals surface area contributed by atoms with Crippen LogP contribution in [0.4, 0.5) is 0 Å². The number of rotatable bonds is 6. The van der Waals surface area contributed by atoms with E-state index in [9.17, 15) is 5.11 Å². The van der Waals surface area contributed by atoms with Crippen molar-refractivity contribution in [3.63, 3.8) is 0 Å². The molecule has 0 aliphatic heterocycles. The number of methoxy groups -OCH3 is 2. The van der Waals surface area contributed by atoms with Gasteiger partial charge in [0.1, 0.15) is 11.5 Å². The van der Waals surface area contributed by atoms with Crippen LogP contribution >= 0.6 is 15.9 Å². The fourth-order valence-corrected chi connectivity index (χ4v) is 2.77. The zero-order valence-electron chi connectivity index (χ0n) is 12.2. The number of ether oxygens (including phenoxy) is 2. The summed E-state index contributed by atoms with van der Waals surface area (Å²) in [5.41, 5.74) is 1.98. The smallest absolute Gasteiger partial charge is 0.122 e. The van der Waals surface area contributed by atoms with Gasteiger partial charge >= 0.3 is 0 Å². The molecule has 3 nitrogen and oxygen atoms in total. The third-order valence-corrected chi connectivity index (χ3v) is 3.84. The van der Waals surface area contributed by atoms with E-state index in [0.29, 0.717) is 12.8 Å². The normalized spacial score (nSPS) is 12.0. The highest BCUT2D eigenvalue weighted by molar-refractivity contribution is 9.10. The van der Waals surface area contributed by atoms with Crippen LogP contribution in [0.2, 0.25) is 0 Å². The minimum absolute atomic E-state index is 0.496. The molecule has 2 aromatic rings. The van der Waals surface area contributed by atoms with Crippen molar-refractivity contribution in [3.8, 4) is 11.5 Å². The Kier molecular flexibility index (Phi) is 5.65. The van der Waals surface area contributed by atoms with Gasteiger partial charge in [0.25, 0.3) is 0 Å². The third kappa shape index (κ3) is 4.22. The summed E-state index contributed by atoms with van der Waals surface area (Å²) in [6.07, 6.45) is 0.574. The van der Waals surface area contributed by atoms with Gasteiger partial charge in [0, 0.05) is 17.3 Å². The lowest BCUT2D eigenvalue weighted by Gasteiger charge is -2.15. The molecule has 0 amide bonds. The van der Waals surface area contributed by atoms with Crippen molar-refractivity contribution in [2.45, 2.75) is 18.9 Å². The predicted molar refractivity (Wildman–Crippen MR) is 87.1 cm³/mol. The third-order valence-electron chi connectivity index (χ3n) is 3.35. The molecule has 0 aliphatic rings. The van der Waals surface area contributed by atoms with E-state index in [1.54, 1.807) is 14.2 Å². The first-order valence-electron chi connectivity index (χ1n) is 6.76. The molecule has 0 saturated heterocycles. The largest absolute Gasteiger partial charge is 0.496 e. The van der Waals surface area contributed by atoms with Crippen LogP contribution in [0.25, 0.3) is 0 Å². The summed E-state index contributed by atoms with van der Waals surface area (Å²) in [7, 11) is 3.28. The van der Waals surface area contributed by atoms with Gasteiger partial charge in [-0.25, -0.2) is 0 Å². The SMILES string of the molecule is COc1ccccc1CC(O)Cc1cc(Br)ccc1OC. The molecule has 4 heteroatoms. The molecule has 0 radical (unpaired) electrons. The Labute approximate surface area is 133 Å². The molecule has 2 aromatic carbocycles. The maximum Gasteiger partial charge on any atom is 0.122 e. The van der Waals surface area contributed by atoms with E-state index in [-0.39, 0.29) is 0 Å². The van der Waals surface area contributed by atoms with Crippen molar-refractivity contribution in [3.05, 3.63) is 58.1 Å². The number of halogens is 1. The number of hydrogen-bond donors (Lipinski definition) is 1. The van der Waals surface area contributed by atoms with Gasteiger partial charge in [-0.15, -0.1) is 0 Å². The van der Waals surface area contributed by atoms with Gasteiger partial charge in [0.05, 0.1) is 20.3 Å². The molecule has 112 valence electrons. The summed E-state index contributed by atoms with van der Waals surface area (Å²) < 4.78 is 11.6. The molecular formula is C17H19BrO3. The lowest BCUT2D eigenvalue weighted by atomic mass is 10.00. The van der Waals surface area contributed by atoms with Gasteiger partial charge in [-0.05, 0) is 35.4 Å². The number of hydrogen-bond acceptors (Lipinski definition) is 3. The van der Waals surface area contributed by atoms with E-state index in [2.05, 4.69) is 15.9 Å². The van der Waals surface area contributed by atoms with Gasteiger partial charge in [-0.3, -0.25) is 0 Å². The van der Waals surface area contributed by atoms with E-state index < -0.39 is 6.10 Å². The molecule has 0 saturated carbocycles. The second-order valence-electron chi connectivity index (χ2n) is 4.83. The highest BCUT2D eigenvalue weighted by atomic mass is 79.9. The maximum absolute atomic E-state index is 10.4. The molecule has 1 atom stereocenters. The fraction of sp³-hybridized carbons (Fsp3) is 0.294. The van der Waals surface area contributed by atoms with Gasteiger partial charge in [0.2, 0.25) is 0 Å². The lowest BCUT2D eigenvalue weighted by Crippen LogP contribution is -2.15. The van der Waals surface area contributed by atoms with E-state index in [1.165, 1.54) is 0 Å². The Morgan fingerprint density at radius 1 is 0.952 bits per heavy atom. The van der Waals surface area contributed by atoms with E-state index in [4.69, 9.17) is 9.47 Å². The van der Waals surface area contributed by atoms with Gasteiger partial charge in [-0.1, -0.05) is 34.1 Å². The Balaban J connectivity index is 2.11. The van der Waals surface area contributed by atoms with Crippen LogP contribution in [-0.2, 0) is 12.8 Å². The summed E-state index contributed by atoms with van der Waals surface area (Å²) in [4.78, 5) is 0. The van der Waals surface area contributed by atoms with Crippen molar-refractivity contribution >= 4 is 15.9 Å². The topological polar surface area (TPSA) is 38.7 Å². The molecule has 0 aliphatic carbocycles. The van der Waals surface area contributed by atoms with Crippen LogP contribution < -0.4 is 9.47 Å². The number of aliphatic hydroxyl groups is 1. The minimum atomic E-state index is -0.496. The quantitative estimate of drug-likeness (QED) is 0.864. The van der Waals surface area contributed by atoms with E-state index in [1.807, 2.05) is 42.5 Å². The molecule has 0 spiro atoms. The van der Waals surface area contributed by atoms with E-state index >= 15 is 0 Å². The molecule has 0 aromatic heterocycles. The van der Waals surface area contributed by atoms with Crippen LogP contribution in [0.1, 0.15) is 11.1 Å². The first kappa shape index (κ1) is 15.9. The summed E-state index contributed by atoms with van der Waals surface area (Å²) in [6.45, 7) is 0. The van der Waals surface area contributed by atoms with Crippen LogP contribution in [0, 0.1) is 0 Å². The zero-order valence-corrected chi connectivity index (χ0v) is 13.8. The number of aliphatic hydroxyl groups excluding tert-OH is 1. The van der Waals surface area contributed by atoms with Gasteiger partial charge in [-0.2, -0.15) is 0 Å². The average molecular weight is 351 g/mol. The standard InChI is InChI=1S/C17H19BrO3/c1-20-16-6-4-3-5-12(16)10-15(19)11-13-9-14(18)7-8-17(13)21-2/h3-9,15,19H,10-11H2,1-2H3. The summed E-state index contributed by atoms with van der Waals surface area (Å²) >= 11 is 3.45. The van der Waals surface area contributed by atoms with E-state index in [0.717, 1.165) is 27.1 Å². The monoisotopic (exact) mass is 350 g/mol. The Morgan fingerprint density at radius 3 is 2.29 bits per heavy atom. The maximum atomic E-state index is 10.4. The fourth-order valence-electron chi connectivity index (χ4n) is 2.36. The van der Waals surface area contributed by atoms with Crippen LogP contribution in [-0.4, -0.2) is 25.4 Å². The molecule has 1 unspecified atom stereocenters. The highest BCUT2D eigenvalue weighted by Crippen LogP contribution is 2.26. The van der Waals surface area contributed by atoms with Crippen molar-refractivity contribution in [1.82, 2.24) is 0 Å². The van der Waals surface area contributed by atoms with Crippen molar-refractivity contribution in [2.24, 2.45) is 0 Å². The van der Waals surface area contributed by atoms with Crippen molar-refractivity contribution in [2.75, 3.05) is 14.2 Å². The molecule has 0 heterocycles. The molecule has 1 N–H and O–H groups in total. The lowest BCUT2D eigenvalue weighted by molar-refractivity contribution is 0.173. The number of benzene rings is 2. The Hall–Kier alpha value is -1.52. The molecule has 0 bridgehead atoms. The molecule has 0 fully saturated rings. The first-order valence-corrected chi connectivity index (χ1v) is 7.55. The number of para-hydroxylation sites is 1. The minimum Gasteiger partial charge on any atom is -0.496 e. The van der Waals surface area contributed by atoms with Gasteiger partial charge < -0.3 is 14.6 Å². The highest BCUT2D eigenvalue weighted by Gasteiger charge is 2.13. The van der Waals surface area contributed by atoms with Gasteiger partial charge in [0.15, 0.2) is 0 Å². The second-order valence-corrected chi connectivity index (χ2v) is 5.75. The Morgan fingerprint density at radius 2 is 1.57 bits per heavy atom. The van der Waals surface area contributed by atoms with Crippen LogP contribution in [0.15, 0.2) is 46.9 Å². The Bertz CT molecular complexity index is 598. The predicted octanol–water partition coefficient (Wildman–Crippen LogP) is 3.61. The van der Waals surface area contributed by atoms with Crippen molar-refractivity contribution < 1.29 is 14.6 Å². The first-order chi connectivity index (χ1) is 10.1. The second kappa shape index (κ2) is 7.48. The molecule has 2 rings (SSSR count). The summed E-state index contributed by atoms with van der Waals surface area (Å²) in [5.74, 6) is 1.59. The average Bonchev–Trinajstić information content (AvgIpc) is 2.48.